The van der Waals surface area contributed by atoms with Gasteiger partial charge in [-0.15, -0.1) is 0 Å². The lowest BCUT2D eigenvalue weighted by Crippen LogP contribution is -2.36. The molecule has 0 rings (SSSR count). The molecule has 9 heavy (non-hydrogen) atoms. The van der Waals surface area contributed by atoms with Gasteiger partial charge in [0, 0.05) is 7.05 Å². The Hall–Kier alpha value is -0.500. The zero-order valence-electron chi connectivity index (χ0n) is 5.47. The van der Waals surface area contributed by atoms with E-state index in [1.165, 1.54) is 7.05 Å². The number of rotatable bonds is 2. The predicted molar refractivity (Wildman–Crippen MR) is 37.4 cm³/mol. The Kier molecular flexibility index (Phi) is 4.14. The van der Waals surface area contributed by atoms with Gasteiger partial charge in [-0.3, -0.25) is 0 Å². The molecule has 5 heteroatoms. The van der Waals surface area contributed by atoms with Crippen LogP contribution in [-0.4, -0.2) is 18.9 Å². The fourth-order valence-electron chi connectivity index (χ4n) is 0.313. The fourth-order valence-corrected chi connectivity index (χ4v) is 0.532. The first-order valence-electron chi connectivity index (χ1n) is 2.64. The molecule has 0 aliphatic heterocycles. The zero-order chi connectivity index (χ0) is 7.28. The maximum atomic E-state index is 10.4. The first-order chi connectivity index (χ1) is 4.20. The van der Waals surface area contributed by atoms with Crippen molar-refractivity contribution in [3.8, 4) is 0 Å². The molecule has 0 heterocycles. The third kappa shape index (κ3) is 4.03. The molecule has 2 amide bonds. The first kappa shape index (κ1) is 8.50. The Morgan fingerprint density at radius 1 is 1.67 bits per heavy atom. The van der Waals surface area contributed by atoms with E-state index in [0.29, 0.717) is 0 Å². The Bertz CT molecular complexity index is 117. The van der Waals surface area contributed by atoms with Crippen molar-refractivity contribution in [2.75, 3.05) is 7.05 Å². The molecule has 0 bridgehead atoms. The average Bonchev–Trinajstić information content (AvgIpc) is 1.87. The number of carbonyl (C=O) groups excluding carboxylic acids is 1. The molecular formula is C4H11N2O2P. The number of nitrogens with one attached hydrogen (secondary N) is 2. The summed E-state index contributed by atoms with van der Waals surface area (Å²) in [7, 11) is 0.601. The summed E-state index contributed by atoms with van der Waals surface area (Å²) in [6, 6.07) is -0.286. The van der Waals surface area contributed by atoms with Gasteiger partial charge in [-0.25, -0.2) is 4.79 Å². The summed E-state index contributed by atoms with van der Waals surface area (Å²) in [5, 5.41) is 4.81. The Balaban J connectivity index is 3.46. The predicted octanol–water partition coefficient (Wildman–Crippen LogP) is 0.0177. The van der Waals surface area contributed by atoms with E-state index in [9.17, 15) is 9.36 Å². The minimum absolute atomic E-state index is 0.204. The van der Waals surface area contributed by atoms with E-state index in [2.05, 4.69) is 10.6 Å². The molecule has 0 aromatic heterocycles. The molecule has 0 aliphatic rings. The first-order valence-corrected chi connectivity index (χ1v) is 3.78. The number of carbonyl (C=O) groups is 1. The molecular weight excluding hydrogens is 139 g/mol. The normalized spacial score (nSPS) is 13.6. The second kappa shape index (κ2) is 4.39. The summed E-state index contributed by atoms with van der Waals surface area (Å²) in [6.45, 7) is 1.69. The monoisotopic (exact) mass is 150 g/mol. The molecule has 4 nitrogen and oxygen atoms in total. The second-order valence-corrected chi connectivity index (χ2v) is 2.92. The third-order valence-electron chi connectivity index (χ3n) is 0.790. The molecule has 0 fully saturated rings. The lowest BCUT2D eigenvalue weighted by molar-refractivity contribution is 0.242. The highest BCUT2D eigenvalue weighted by Gasteiger charge is 1.99. The highest BCUT2D eigenvalue weighted by Crippen LogP contribution is 1.98. The number of urea groups is 1. The topological polar surface area (TPSA) is 58.2 Å². The SMILES string of the molecule is CNC(=O)NC(C)[PH2]=O. The van der Waals surface area contributed by atoms with Gasteiger partial charge in [-0.2, -0.15) is 0 Å². The lowest BCUT2D eigenvalue weighted by atomic mass is 10.7. The van der Waals surface area contributed by atoms with Gasteiger partial charge < -0.3 is 15.2 Å². The van der Waals surface area contributed by atoms with Crippen LogP contribution in [0, 0.1) is 0 Å². The van der Waals surface area contributed by atoms with Gasteiger partial charge in [0.2, 0.25) is 0 Å². The maximum Gasteiger partial charge on any atom is 0.315 e. The summed E-state index contributed by atoms with van der Waals surface area (Å²) in [5.74, 6) is -0.204. The molecule has 0 aromatic rings. The van der Waals surface area contributed by atoms with Gasteiger partial charge in [-0.05, 0) is 6.92 Å². The minimum atomic E-state index is -0.915. The highest BCUT2D eigenvalue weighted by atomic mass is 31.1. The Morgan fingerprint density at radius 3 is 2.56 bits per heavy atom. The lowest BCUT2D eigenvalue weighted by Gasteiger charge is -2.05. The largest absolute Gasteiger partial charge is 0.341 e. The van der Waals surface area contributed by atoms with Crippen LogP contribution >= 0.6 is 8.46 Å². The van der Waals surface area contributed by atoms with Gasteiger partial charge in [0.15, 0.2) is 0 Å². The van der Waals surface area contributed by atoms with Crippen LogP contribution in [0.25, 0.3) is 0 Å². The van der Waals surface area contributed by atoms with Crippen molar-refractivity contribution in [2.45, 2.75) is 12.7 Å². The maximum absolute atomic E-state index is 10.4. The molecule has 0 saturated carbocycles. The van der Waals surface area contributed by atoms with Crippen LogP contribution < -0.4 is 10.6 Å². The van der Waals surface area contributed by atoms with Crippen molar-refractivity contribution >= 4 is 14.5 Å². The average molecular weight is 150 g/mol. The molecule has 54 valence electrons. The molecule has 0 spiro atoms. The second-order valence-electron chi connectivity index (χ2n) is 1.65. The van der Waals surface area contributed by atoms with Crippen molar-refractivity contribution < 1.29 is 9.36 Å². The number of hydrogen-bond acceptors (Lipinski definition) is 2. The smallest absolute Gasteiger partial charge is 0.315 e. The van der Waals surface area contributed by atoms with Crippen LogP contribution in [0.2, 0.25) is 0 Å². The Labute approximate surface area is 55.2 Å². The van der Waals surface area contributed by atoms with Crippen LogP contribution in [0.4, 0.5) is 4.79 Å². The molecule has 0 aromatic carbocycles. The summed E-state index contributed by atoms with van der Waals surface area (Å²) in [4.78, 5) is 10.4. The summed E-state index contributed by atoms with van der Waals surface area (Å²) in [5.41, 5.74) is 0. The molecule has 2 N–H and O–H groups in total. The van der Waals surface area contributed by atoms with Gasteiger partial charge in [0.05, 0.1) is 14.2 Å². The van der Waals surface area contributed by atoms with Gasteiger partial charge >= 0.3 is 6.03 Å². The van der Waals surface area contributed by atoms with E-state index >= 15 is 0 Å². The fraction of sp³-hybridized carbons (Fsp3) is 0.750. The summed E-state index contributed by atoms with van der Waals surface area (Å²) in [6.07, 6.45) is 0. The van der Waals surface area contributed by atoms with Crippen LogP contribution in [0.3, 0.4) is 0 Å². The molecule has 2 atom stereocenters. The molecule has 0 radical (unpaired) electrons. The highest BCUT2D eigenvalue weighted by molar-refractivity contribution is 7.24. The van der Waals surface area contributed by atoms with E-state index in [0.717, 1.165) is 0 Å². The van der Waals surface area contributed by atoms with Crippen LogP contribution in [0.1, 0.15) is 6.92 Å². The van der Waals surface area contributed by atoms with E-state index in [1.807, 2.05) is 0 Å². The minimum Gasteiger partial charge on any atom is -0.341 e. The summed E-state index contributed by atoms with van der Waals surface area (Å²) < 4.78 is 10.1. The standard InChI is InChI=1S/C4H11N2O2P/c1-3(9-8)6-4(7)5-2/h3H,9H2,1-2H3,(H2,5,6,7). The van der Waals surface area contributed by atoms with Crippen molar-refractivity contribution in [2.24, 2.45) is 0 Å². The summed E-state index contributed by atoms with van der Waals surface area (Å²) >= 11 is 0. The quantitative estimate of drug-likeness (QED) is 0.545. The van der Waals surface area contributed by atoms with Crippen LogP contribution in [0.15, 0.2) is 0 Å². The van der Waals surface area contributed by atoms with E-state index in [4.69, 9.17) is 0 Å². The molecule has 0 aliphatic carbocycles. The van der Waals surface area contributed by atoms with Crippen molar-refractivity contribution in [3.63, 3.8) is 0 Å². The molecule has 0 saturated heterocycles. The van der Waals surface area contributed by atoms with E-state index in [-0.39, 0.29) is 11.8 Å². The van der Waals surface area contributed by atoms with Crippen LogP contribution in [-0.2, 0) is 4.57 Å². The van der Waals surface area contributed by atoms with Gasteiger partial charge in [0.1, 0.15) is 0 Å². The van der Waals surface area contributed by atoms with E-state index < -0.39 is 8.46 Å². The van der Waals surface area contributed by atoms with Gasteiger partial charge in [0.25, 0.3) is 0 Å². The van der Waals surface area contributed by atoms with Crippen molar-refractivity contribution in [3.05, 3.63) is 0 Å². The Morgan fingerprint density at radius 2 is 2.22 bits per heavy atom. The zero-order valence-corrected chi connectivity index (χ0v) is 6.63. The van der Waals surface area contributed by atoms with Crippen LogP contribution in [0.5, 0.6) is 0 Å². The third-order valence-corrected chi connectivity index (χ3v) is 1.36. The van der Waals surface area contributed by atoms with Crippen molar-refractivity contribution in [1.82, 2.24) is 10.6 Å². The van der Waals surface area contributed by atoms with Gasteiger partial charge in [-0.1, -0.05) is 0 Å². The van der Waals surface area contributed by atoms with E-state index in [1.54, 1.807) is 6.92 Å². The number of hydrogen-bond donors (Lipinski definition) is 2. The number of amides is 2. The molecule has 2 unspecified atom stereocenters. The van der Waals surface area contributed by atoms with Crippen molar-refractivity contribution in [1.29, 1.82) is 0 Å².